The van der Waals surface area contributed by atoms with Gasteiger partial charge < -0.3 is 15.4 Å². The molecule has 4 aliphatic rings. The van der Waals surface area contributed by atoms with E-state index in [-0.39, 0.29) is 27.8 Å². The third kappa shape index (κ3) is 4.18. The third-order valence-corrected chi connectivity index (χ3v) is 7.34. The highest BCUT2D eigenvalue weighted by atomic mass is 35.5. The first-order chi connectivity index (χ1) is 15.0. The average molecular weight is 464 g/mol. The molecule has 0 radical (unpaired) electrons. The second-order valence-corrected chi connectivity index (χ2v) is 10.1. The van der Waals surface area contributed by atoms with E-state index in [1.165, 1.54) is 26.0 Å². The summed E-state index contributed by atoms with van der Waals surface area (Å²) in [6.07, 6.45) is 3.62. The molecule has 2 unspecified atom stereocenters. The molecule has 9 nitrogen and oxygen atoms in total. The summed E-state index contributed by atoms with van der Waals surface area (Å²) in [7, 11) is 0. The van der Waals surface area contributed by atoms with Crippen LogP contribution >= 0.6 is 11.6 Å². The summed E-state index contributed by atoms with van der Waals surface area (Å²) in [6, 6.07) is 3.72. The number of nitro benzene ring substituents is 1. The Hall–Kier alpha value is -2.68. The number of benzene rings is 1. The molecule has 172 valence electrons. The molecule has 5 rings (SSSR count). The molecule has 2 N–H and O–H groups in total. The number of carbonyl (C=O) groups excluding carboxylic acids is 3. The summed E-state index contributed by atoms with van der Waals surface area (Å²) in [5, 5.41) is 16.7. The monoisotopic (exact) mass is 463 g/mol. The number of ether oxygens (including phenoxy) is 1. The maximum atomic E-state index is 13.3. The van der Waals surface area contributed by atoms with Crippen LogP contribution in [0.25, 0.3) is 0 Å². The van der Waals surface area contributed by atoms with E-state index in [1.807, 2.05) is 0 Å². The maximum Gasteiger partial charge on any atom is 0.312 e. The maximum absolute atomic E-state index is 13.3. The summed E-state index contributed by atoms with van der Waals surface area (Å²) in [5.74, 6) is -0.444. The Morgan fingerprint density at radius 1 is 1.22 bits per heavy atom. The molecule has 5 atom stereocenters. The first-order valence-electron chi connectivity index (χ1n) is 10.8. The lowest BCUT2D eigenvalue weighted by molar-refractivity contribution is -0.384. The zero-order chi connectivity index (χ0) is 23.3. The molecule has 4 saturated carbocycles. The number of anilines is 1. The second kappa shape index (κ2) is 8.03. The van der Waals surface area contributed by atoms with Crippen molar-refractivity contribution in [2.75, 3.05) is 5.32 Å². The van der Waals surface area contributed by atoms with Crippen molar-refractivity contribution < 1.29 is 24.0 Å². The summed E-state index contributed by atoms with van der Waals surface area (Å²) in [4.78, 5) is 48.1. The summed E-state index contributed by atoms with van der Waals surface area (Å²) < 4.78 is 5.60. The van der Waals surface area contributed by atoms with Crippen LogP contribution in [0, 0.1) is 27.4 Å². The third-order valence-electron chi connectivity index (χ3n) is 7.01. The van der Waals surface area contributed by atoms with Gasteiger partial charge in [0, 0.05) is 24.6 Å². The Balaban J connectivity index is 1.46. The Morgan fingerprint density at radius 2 is 1.88 bits per heavy atom. The normalized spacial score (nSPS) is 31.0. The molecule has 0 spiro atoms. The smallest absolute Gasteiger partial charge is 0.312 e. The molecule has 10 heteroatoms. The SMILES string of the molecule is CC(=O)NC12C[C@H]3C[C@@H](C1)CC(C(=O)O[C@@H](C)C(=O)Nc1cc([N+](=O)[O-])ccc1Cl)(C3)C2. The number of amides is 2. The van der Waals surface area contributed by atoms with Gasteiger partial charge in [-0.25, -0.2) is 0 Å². The van der Waals surface area contributed by atoms with E-state index in [2.05, 4.69) is 10.6 Å². The van der Waals surface area contributed by atoms with Gasteiger partial charge in [0.1, 0.15) is 0 Å². The fraction of sp³-hybridized carbons (Fsp3) is 0.591. The predicted octanol–water partition coefficient (Wildman–Crippen LogP) is 3.59. The van der Waals surface area contributed by atoms with E-state index in [0.29, 0.717) is 31.1 Å². The van der Waals surface area contributed by atoms with Crippen LogP contribution in [0.3, 0.4) is 0 Å². The molecule has 2 amide bonds. The molecule has 0 heterocycles. The zero-order valence-electron chi connectivity index (χ0n) is 18.0. The quantitative estimate of drug-likeness (QED) is 0.377. The van der Waals surface area contributed by atoms with Gasteiger partial charge in [-0.1, -0.05) is 11.6 Å². The molecule has 4 fully saturated rings. The fourth-order valence-corrected chi connectivity index (χ4v) is 6.48. The van der Waals surface area contributed by atoms with Crippen LogP contribution in [-0.2, 0) is 19.1 Å². The lowest BCUT2D eigenvalue weighted by Gasteiger charge is -2.60. The summed E-state index contributed by atoms with van der Waals surface area (Å²) in [6.45, 7) is 2.96. The van der Waals surface area contributed by atoms with E-state index >= 15 is 0 Å². The van der Waals surface area contributed by atoms with Crippen molar-refractivity contribution in [2.45, 2.75) is 64.0 Å². The number of hydrogen-bond donors (Lipinski definition) is 2. The van der Waals surface area contributed by atoms with E-state index < -0.39 is 28.3 Å². The van der Waals surface area contributed by atoms with Crippen molar-refractivity contribution in [3.8, 4) is 0 Å². The molecule has 32 heavy (non-hydrogen) atoms. The van der Waals surface area contributed by atoms with Crippen molar-refractivity contribution in [1.82, 2.24) is 5.32 Å². The van der Waals surface area contributed by atoms with E-state index in [4.69, 9.17) is 16.3 Å². The molecule has 0 aliphatic heterocycles. The van der Waals surface area contributed by atoms with Gasteiger partial charge in [-0.05, 0) is 63.4 Å². The Bertz CT molecular complexity index is 982. The van der Waals surface area contributed by atoms with Crippen molar-refractivity contribution in [3.63, 3.8) is 0 Å². The van der Waals surface area contributed by atoms with Gasteiger partial charge in [-0.3, -0.25) is 24.5 Å². The predicted molar refractivity (Wildman–Crippen MR) is 116 cm³/mol. The topological polar surface area (TPSA) is 128 Å². The van der Waals surface area contributed by atoms with Crippen LogP contribution < -0.4 is 10.6 Å². The van der Waals surface area contributed by atoms with E-state index in [0.717, 1.165) is 25.3 Å². The minimum atomic E-state index is -1.11. The van der Waals surface area contributed by atoms with E-state index in [9.17, 15) is 24.5 Å². The Morgan fingerprint density at radius 3 is 2.47 bits per heavy atom. The number of nitrogens with one attached hydrogen (secondary N) is 2. The number of carbonyl (C=O) groups is 3. The zero-order valence-corrected chi connectivity index (χ0v) is 18.7. The molecular formula is C22H26ClN3O6. The van der Waals surface area contributed by atoms with Gasteiger partial charge in [0.25, 0.3) is 11.6 Å². The molecule has 0 aromatic heterocycles. The highest BCUT2D eigenvalue weighted by Crippen LogP contribution is 2.62. The Labute approximate surface area is 190 Å². The highest BCUT2D eigenvalue weighted by Gasteiger charge is 2.61. The minimum Gasteiger partial charge on any atom is -0.452 e. The second-order valence-electron chi connectivity index (χ2n) is 9.66. The molecule has 1 aromatic carbocycles. The largest absolute Gasteiger partial charge is 0.452 e. The highest BCUT2D eigenvalue weighted by molar-refractivity contribution is 6.33. The number of halogens is 1. The number of rotatable bonds is 6. The average Bonchev–Trinajstić information content (AvgIpc) is 2.67. The van der Waals surface area contributed by atoms with Crippen molar-refractivity contribution in [2.24, 2.45) is 17.3 Å². The Kier molecular flexibility index (Phi) is 5.65. The summed E-state index contributed by atoms with van der Waals surface area (Å²) in [5.41, 5.74) is -1.22. The number of hydrogen-bond acceptors (Lipinski definition) is 6. The van der Waals surface area contributed by atoms with Gasteiger partial charge in [-0.2, -0.15) is 0 Å². The molecular weight excluding hydrogens is 438 g/mol. The number of non-ortho nitro benzene ring substituents is 1. The van der Waals surface area contributed by atoms with Crippen LogP contribution in [0.15, 0.2) is 18.2 Å². The van der Waals surface area contributed by atoms with Crippen LogP contribution in [0.1, 0.15) is 52.4 Å². The molecule has 4 aliphatic carbocycles. The van der Waals surface area contributed by atoms with Gasteiger partial charge in [0.15, 0.2) is 6.10 Å². The minimum absolute atomic E-state index is 0.0770. The first kappa shape index (κ1) is 22.5. The summed E-state index contributed by atoms with van der Waals surface area (Å²) >= 11 is 6.04. The number of nitrogens with zero attached hydrogens (tertiary/aromatic N) is 1. The molecule has 0 saturated heterocycles. The van der Waals surface area contributed by atoms with Gasteiger partial charge >= 0.3 is 5.97 Å². The van der Waals surface area contributed by atoms with Crippen LogP contribution in [-0.4, -0.2) is 34.3 Å². The van der Waals surface area contributed by atoms with Crippen molar-refractivity contribution >= 4 is 40.8 Å². The lowest BCUT2D eigenvalue weighted by Crippen LogP contribution is -2.65. The van der Waals surface area contributed by atoms with Gasteiger partial charge in [0.05, 0.1) is 21.0 Å². The fourth-order valence-electron chi connectivity index (χ4n) is 6.32. The van der Waals surface area contributed by atoms with Crippen LogP contribution in [0.2, 0.25) is 5.02 Å². The lowest BCUT2D eigenvalue weighted by atomic mass is 9.47. The van der Waals surface area contributed by atoms with E-state index in [1.54, 1.807) is 0 Å². The van der Waals surface area contributed by atoms with Gasteiger partial charge in [0.2, 0.25) is 5.91 Å². The van der Waals surface area contributed by atoms with Crippen LogP contribution in [0.4, 0.5) is 11.4 Å². The standard InChI is InChI=1S/C22H26ClN3O6/c1-12(19(28)24-18-6-16(26(30)31)3-4-17(18)23)32-20(29)21-7-14-5-15(8-21)10-22(9-14,11-21)25-13(2)27/h3-4,6,12,14-15H,5,7-11H2,1-2H3,(H,24,28)(H,25,27)/t12-,14-,15+,21?,22?/m0/s1. The van der Waals surface area contributed by atoms with Gasteiger partial charge in [-0.15, -0.1) is 0 Å². The van der Waals surface area contributed by atoms with Crippen LogP contribution in [0.5, 0.6) is 0 Å². The molecule has 4 bridgehead atoms. The van der Waals surface area contributed by atoms with Crippen molar-refractivity contribution in [1.29, 1.82) is 0 Å². The van der Waals surface area contributed by atoms with Crippen molar-refractivity contribution in [3.05, 3.63) is 33.3 Å². The molecule has 1 aromatic rings. The number of esters is 1. The number of nitro groups is 1. The first-order valence-corrected chi connectivity index (χ1v) is 11.1.